The SMILES string of the molecule is FC(F)c1nccc(I)c1CCl. The molecule has 1 heterocycles. The van der Waals surface area contributed by atoms with Gasteiger partial charge in [0.15, 0.2) is 0 Å². The van der Waals surface area contributed by atoms with Gasteiger partial charge in [-0.05, 0) is 28.7 Å². The Hall–Kier alpha value is 0.0300. The van der Waals surface area contributed by atoms with E-state index in [1.54, 1.807) is 6.07 Å². The van der Waals surface area contributed by atoms with Gasteiger partial charge >= 0.3 is 0 Å². The average molecular weight is 303 g/mol. The lowest BCUT2D eigenvalue weighted by atomic mass is 10.2. The van der Waals surface area contributed by atoms with E-state index in [0.717, 1.165) is 3.57 Å². The van der Waals surface area contributed by atoms with Crippen molar-refractivity contribution >= 4 is 34.2 Å². The van der Waals surface area contributed by atoms with Crippen LogP contribution in [0.3, 0.4) is 0 Å². The Bertz CT molecular complexity index is 280. The number of rotatable bonds is 2. The number of pyridine rings is 1. The predicted octanol–water partition coefficient (Wildman–Crippen LogP) is 3.36. The summed E-state index contributed by atoms with van der Waals surface area (Å²) in [6.45, 7) is 0. The van der Waals surface area contributed by atoms with E-state index in [2.05, 4.69) is 4.98 Å². The zero-order chi connectivity index (χ0) is 9.14. The highest BCUT2D eigenvalue weighted by Gasteiger charge is 2.15. The predicted molar refractivity (Wildman–Crippen MR) is 51.5 cm³/mol. The van der Waals surface area contributed by atoms with Crippen molar-refractivity contribution in [2.24, 2.45) is 0 Å². The lowest BCUT2D eigenvalue weighted by Crippen LogP contribution is -1.98. The van der Waals surface area contributed by atoms with E-state index >= 15 is 0 Å². The minimum absolute atomic E-state index is 0.0752. The van der Waals surface area contributed by atoms with Crippen LogP contribution in [-0.2, 0) is 5.88 Å². The second kappa shape index (κ2) is 4.32. The first-order chi connectivity index (χ1) is 5.66. The lowest BCUT2D eigenvalue weighted by molar-refractivity contribution is 0.145. The molecule has 5 heteroatoms. The van der Waals surface area contributed by atoms with E-state index in [1.807, 2.05) is 22.6 Å². The molecule has 0 unspecified atom stereocenters. The Kier molecular flexibility index (Phi) is 3.64. The van der Waals surface area contributed by atoms with Crippen LogP contribution in [0.2, 0.25) is 0 Å². The standard InChI is InChI=1S/C7H5ClF2IN/c8-3-4-5(11)1-2-12-6(4)7(9)10/h1-2,7H,3H2. The average Bonchev–Trinajstić information content (AvgIpc) is 2.03. The normalized spacial score (nSPS) is 10.8. The summed E-state index contributed by atoms with van der Waals surface area (Å²) in [6.07, 6.45) is -1.19. The minimum Gasteiger partial charge on any atom is -0.255 e. The third kappa shape index (κ3) is 2.04. The molecule has 1 aromatic heterocycles. The van der Waals surface area contributed by atoms with Gasteiger partial charge in [-0.15, -0.1) is 11.6 Å². The first-order valence-corrected chi connectivity index (χ1v) is 4.75. The van der Waals surface area contributed by atoms with Crippen LogP contribution in [0, 0.1) is 3.57 Å². The summed E-state index contributed by atoms with van der Waals surface area (Å²) < 4.78 is 25.3. The van der Waals surface area contributed by atoms with E-state index in [9.17, 15) is 8.78 Å². The molecule has 66 valence electrons. The molecule has 0 aromatic carbocycles. The zero-order valence-electron chi connectivity index (χ0n) is 5.90. The van der Waals surface area contributed by atoms with Crippen LogP contribution in [0.5, 0.6) is 0 Å². The highest BCUT2D eigenvalue weighted by atomic mass is 127. The molecule has 0 radical (unpaired) electrons. The number of hydrogen-bond acceptors (Lipinski definition) is 1. The molecule has 0 aliphatic heterocycles. The highest BCUT2D eigenvalue weighted by Crippen LogP contribution is 2.25. The molecule has 1 rings (SSSR count). The van der Waals surface area contributed by atoms with Gasteiger partial charge in [-0.3, -0.25) is 4.98 Å². The fourth-order valence-electron chi connectivity index (χ4n) is 0.804. The van der Waals surface area contributed by atoms with Crippen molar-refractivity contribution in [1.82, 2.24) is 4.98 Å². The van der Waals surface area contributed by atoms with Gasteiger partial charge in [0.05, 0.1) is 5.88 Å². The summed E-state index contributed by atoms with van der Waals surface area (Å²) in [5, 5.41) is 0. The fourth-order valence-corrected chi connectivity index (χ4v) is 1.94. The molecule has 0 bridgehead atoms. The first kappa shape index (κ1) is 10.1. The maximum atomic E-state index is 12.3. The number of alkyl halides is 3. The van der Waals surface area contributed by atoms with Crippen LogP contribution in [0.4, 0.5) is 8.78 Å². The molecular formula is C7H5ClF2IN. The van der Waals surface area contributed by atoms with Crippen LogP contribution in [0.1, 0.15) is 17.7 Å². The van der Waals surface area contributed by atoms with E-state index < -0.39 is 6.43 Å². The van der Waals surface area contributed by atoms with Gasteiger partial charge in [-0.25, -0.2) is 8.78 Å². The fraction of sp³-hybridized carbons (Fsp3) is 0.286. The molecule has 0 N–H and O–H groups in total. The van der Waals surface area contributed by atoms with Gasteiger partial charge in [-0.2, -0.15) is 0 Å². The molecule has 0 aliphatic carbocycles. The van der Waals surface area contributed by atoms with Crippen LogP contribution in [0.15, 0.2) is 12.3 Å². The molecule has 0 spiro atoms. The Morgan fingerprint density at radius 3 is 2.67 bits per heavy atom. The van der Waals surface area contributed by atoms with Gasteiger partial charge in [0, 0.05) is 15.3 Å². The minimum atomic E-state index is -2.55. The third-order valence-electron chi connectivity index (χ3n) is 1.37. The molecule has 0 saturated carbocycles. The maximum Gasteiger partial charge on any atom is 0.280 e. The molecular weight excluding hydrogens is 298 g/mol. The van der Waals surface area contributed by atoms with E-state index in [1.165, 1.54) is 6.20 Å². The van der Waals surface area contributed by atoms with Crippen molar-refractivity contribution in [3.05, 3.63) is 27.1 Å². The van der Waals surface area contributed by atoms with E-state index in [-0.39, 0.29) is 11.6 Å². The molecule has 0 amide bonds. The Labute approximate surface area is 87.3 Å². The van der Waals surface area contributed by atoms with Crippen molar-refractivity contribution in [2.45, 2.75) is 12.3 Å². The summed E-state index contributed by atoms with van der Waals surface area (Å²) in [6, 6.07) is 1.66. The smallest absolute Gasteiger partial charge is 0.255 e. The van der Waals surface area contributed by atoms with Crippen LogP contribution >= 0.6 is 34.2 Å². The van der Waals surface area contributed by atoms with Crippen molar-refractivity contribution in [3.8, 4) is 0 Å². The van der Waals surface area contributed by atoms with Crippen LogP contribution in [-0.4, -0.2) is 4.98 Å². The van der Waals surface area contributed by atoms with E-state index in [0.29, 0.717) is 5.56 Å². The van der Waals surface area contributed by atoms with Gasteiger partial charge in [0.2, 0.25) is 0 Å². The van der Waals surface area contributed by atoms with Gasteiger partial charge < -0.3 is 0 Å². The Morgan fingerprint density at radius 2 is 2.25 bits per heavy atom. The van der Waals surface area contributed by atoms with Gasteiger partial charge in [0.25, 0.3) is 6.43 Å². The number of aromatic nitrogens is 1. The Balaban J connectivity index is 3.18. The van der Waals surface area contributed by atoms with Crippen molar-refractivity contribution in [1.29, 1.82) is 0 Å². The first-order valence-electron chi connectivity index (χ1n) is 3.14. The number of nitrogens with zero attached hydrogens (tertiary/aromatic N) is 1. The molecule has 1 aromatic rings. The highest BCUT2D eigenvalue weighted by molar-refractivity contribution is 14.1. The monoisotopic (exact) mass is 303 g/mol. The van der Waals surface area contributed by atoms with Crippen molar-refractivity contribution in [2.75, 3.05) is 0 Å². The molecule has 0 fully saturated rings. The molecule has 12 heavy (non-hydrogen) atoms. The van der Waals surface area contributed by atoms with Gasteiger partial charge in [-0.1, -0.05) is 0 Å². The Morgan fingerprint density at radius 1 is 1.58 bits per heavy atom. The van der Waals surface area contributed by atoms with Crippen molar-refractivity contribution in [3.63, 3.8) is 0 Å². The topological polar surface area (TPSA) is 12.9 Å². The second-order valence-electron chi connectivity index (χ2n) is 2.09. The summed E-state index contributed by atoms with van der Waals surface area (Å²) in [5.74, 6) is 0.0752. The molecule has 1 nitrogen and oxygen atoms in total. The largest absolute Gasteiger partial charge is 0.280 e. The summed E-state index contributed by atoms with van der Waals surface area (Å²) >= 11 is 7.46. The van der Waals surface area contributed by atoms with Crippen LogP contribution in [0.25, 0.3) is 0 Å². The number of hydrogen-bond donors (Lipinski definition) is 0. The molecule has 0 atom stereocenters. The number of halogens is 4. The maximum absolute atomic E-state index is 12.3. The molecule has 0 aliphatic rings. The third-order valence-corrected chi connectivity index (χ3v) is 2.65. The summed E-state index contributed by atoms with van der Waals surface area (Å²) in [5.41, 5.74) is 0.215. The molecule has 0 saturated heterocycles. The second-order valence-corrected chi connectivity index (χ2v) is 3.52. The van der Waals surface area contributed by atoms with Crippen molar-refractivity contribution < 1.29 is 8.78 Å². The van der Waals surface area contributed by atoms with Crippen LogP contribution < -0.4 is 0 Å². The van der Waals surface area contributed by atoms with Gasteiger partial charge in [0.1, 0.15) is 5.69 Å². The lowest BCUT2D eigenvalue weighted by Gasteiger charge is -2.05. The van der Waals surface area contributed by atoms with E-state index in [4.69, 9.17) is 11.6 Å². The quantitative estimate of drug-likeness (QED) is 0.603. The summed E-state index contributed by atoms with van der Waals surface area (Å²) in [7, 11) is 0. The summed E-state index contributed by atoms with van der Waals surface area (Å²) in [4.78, 5) is 3.57. The zero-order valence-corrected chi connectivity index (χ0v) is 8.81.